The first-order chi connectivity index (χ1) is 14.9. The van der Waals surface area contributed by atoms with E-state index in [4.69, 9.17) is 32.4 Å². The van der Waals surface area contributed by atoms with Gasteiger partial charge in [0.2, 0.25) is 5.89 Å². The number of benzene rings is 2. The van der Waals surface area contributed by atoms with Crippen LogP contribution in [-0.4, -0.2) is 45.0 Å². The van der Waals surface area contributed by atoms with Crippen molar-refractivity contribution in [2.24, 2.45) is 0 Å². The summed E-state index contributed by atoms with van der Waals surface area (Å²) in [5, 5.41) is 15.3. The van der Waals surface area contributed by atoms with Gasteiger partial charge in [-0.25, -0.2) is 4.79 Å². The fourth-order valence-corrected chi connectivity index (χ4v) is 5.08. The molecule has 2 aliphatic rings. The minimum absolute atomic E-state index is 0.0450. The lowest BCUT2D eigenvalue weighted by Gasteiger charge is -2.30. The first kappa shape index (κ1) is 20.6. The third-order valence-electron chi connectivity index (χ3n) is 5.92. The number of rotatable bonds is 4. The van der Waals surface area contributed by atoms with Crippen LogP contribution < -0.4 is 10.5 Å². The molecule has 0 amide bonds. The summed E-state index contributed by atoms with van der Waals surface area (Å²) in [4.78, 5) is 14.1. The zero-order chi connectivity index (χ0) is 21.7. The number of hydrogen-bond acceptors (Lipinski definition) is 6. The minimum Gasteiger partial charge on any atom is -0.484 e. The molecule has 0 spiro atoms. The molecule has 9 heteroatoms. The largest absolute Gasteiger partial charge is 0.484 e. The Kier molecular flexibility index (Phi) is 5.30. The molecule has 5 rings (SSSR count). The molecule has 0 radical (unpaired) electrons. The molecule has 31 heavy (non-hydrogen) atoms. The van der Waals surface area contributed by atoms with Crippen molar-refractivity contribution in [1.29, 1.82) is 0 Å². The summed E-state index contributed by atoms with van der Waals surface area (Å²) in [6.07, 6.45) is 0.870. The highest BCUT2D eigenvalue weighted by molar-refractivity contribution is 6.35. The molecule has 1 fully saturated rings. The smallest absolute Gasteiger partial charge is 0.441 e. The number of hydrogen-bond donors (Lipinski definition) is 1. The lowest BCUT2D eigenvalue weighted by atomic mass is 10.1. The van der Waals surface area contributed by atoms with Crippen molar-refractivity contribution in [3.05, 3.63) is 74.0 Å². The molecule has 162 valence electrons. The molecule has 1 N–H and O–H groups in total. The van der Waals surface area contributed by atoms with Crippen LogP contribution >= 0.6 is 23.2 Å². The number of nitrogens with zero attached hydrogens (tertiary/aromatic N) is 3. The zero-order valence-corrected chi connectivity index (χ0v) is 18.3. The molecule has 2 heterocycles. The highest BCUT2D eigenvalue weighted by atomic mass is 35.5. The molecular formula is C22H21Cl2N3O4. The highest BCUT2D eigenvalue weighted by Crippen LogP contribution is 2.43. The van der Waals surface area contributed by atoms with Gasteiger partial charge in [0.05, 0.1) is 17.8 Å². The molecule has 1 aromatic heterocycles. The van der Waals surface area contributed by atoms with E-state index in [0.717, 1.165) is 30.5 Å². The predicted molar refractivity (Wildman–Crippen MR) is 116 cm³/mol. The van der Waals surface area contributed by atoms with Crippen LogP contribution in [0.5, 0.6) is 5.75 Å². The first-order valence-electron chi connectivity index (χ1n) is 10.1. The number of β-amino-alcohol motifs (C(OH)–C–C–N with tert-alkyl or cyclic N) is 1. The average molecular weight is 462 g/mol. The van der Waals surface area contributed by atoms with Crippen molar-refractivity contribution in [3.63, 3.8) is 0 Å². The maximum Gasteiger partial charge on any atom is 0.441 e. The van der Waals surface area contributed by atoms with Crippen molar-refractivity contribution >= 4 is 23.2 Å². The molecule has 3 atom stereocenters. The van der Waals surface area contributed by atoms with Crippen molar-refractivity contribution in [2.75, 3.05) is 13.1 Å². The van der Waals surface area contributed by atoms with Gasteiger partial charge >= 0.3 is 5.76 Å². The van der Waals surface area contributed by atoms with Gasteiger partial charge in [-0.05, 0) is 54.8 Å². The molecule has 1 aliphatic heterocycles. The molecular weight excluding hydrogens is 441 g/mol. The number of aliphatic hydroxyl groups is 1. The van der Waals surface area contributed by atoms with E-state index in [-0.39, 0.29) is 18.2 Å². The van der Waals surface area contributed by atoms with E-state index in [2.05, 4.69) is 10.00 Å². The number of halogens is 2. The van der Waals surface area contributed by atoms with Crippen molar-refractivity contribution in [2.45, 2.75) is 38.0 Å². The van der Waals surface area contributed by atoms with Crippen molar-refractivity contribution in [3.8, 4) is 11.4 Å². The van der Waals surface area contributed by atoms with E-state index >= 15 is 0 Å². The van der Waals surface area contributed by atoms with Crippen LogP contribution in [0.4, 0.5) is 0 Å². The van der Waals surface area contributed by atoms with Gasteiger partial charge in [-0.2, -0.15) is 4.68 Å². The summed E-state index contributed by atoms with van der Waals surface area (Å²) >= 11 is 12.8. The van der Waals surface area contributed by atoms with Crippen molar-refractivity contribution in [1.82, 2.24) is 14.7 Å². The summed E-state index contributed by atoms with van der Waals surface area (Å²) in [6, 6.07) is 10.8. The van der Waals surface area contributed by atoms with Gasteiger partial charge in [0.15, 0.2) is 0 Å². The van der Waals surface area contributed by atoms with Gasteiger partial charge in [0.1, 0.15) is 11.9 Å². The zero-order valence-electron chi connectivity index (χ0n) is 16.8. The van der Waals surface area contributed by atoms with Crippen LogP contribution in [0.15, 0.2) is 45.6 Å². The van der Waals surface area contributed by atoms with Crippen LogP contribution in [0.1, 0.15) is 29.5 Å². The standard InChI is InChI=1S/C22H21Cl2N3O4/c1-12-25-27(22(29)30-12)14-2-4-16(5-3-14)31-21-18-8-13(23)9-19(24)17(18)10-20(21)26-7-6-15(28)11-26/h2-5,8-9,15,20-21,28H,6-7,10-11H2,1H3/t15-,20-,21+/m1/s1. The monoisotopic (exact) mass is 461 g/mol. The Balaban J connectivity index is 1.45. The number of ether oxygens (including phenoxy) is 1. The summed E-state index contributed by atoms with van der Waals surface area (Å²) in [5.41, 5.74) is 2.59. The number of aromatic nitrogens is 2. The molecule has 7 nitrogen and oxygen atoms in total. The normalized spacial score (nSPS) is 23.3. The number of fused-ring (bicyclic) bond motifs is 1. The van der Waals surface area contributed by atoms with Crippen LogP contribution in [0.2, 0.25) is 10.0 Å². The topological polar surface area (TPSA) is 80.7 Å². The van der Waals surface area contributed by atoms with Crippen molar-refractivity contribution < 1.29 is 14.3 Å². The Bertz CT molecular complexity index is 1170. The van der Waals surface area contributed by atoms with Crippen LogP contribution in [0.3, 0.4) is 0 Å². The number of likely N-dealkylation sites (tertiary alicyclic amines) is 1. The molecule has 0 saturated carbocycles. The molecule has 1 aliphatic carbocycles. The average Bonchev–Trinajstić information content (AvgIpc) is 3.40. The van der Waals surface area contributed by atoms with Crippen LogP contribution in [0.25, 0.3) is 5.69 Å². The Hall–Kier alpha value is -2.32. The predicted octanol–water partition coefficient (Wildman–Crippen LogP) is 3.55. The SMILES string of the molecule is Cc1nn(-c2ccc(O[C@H]3c4cc(Cl)cc(Cl)c4C[C@H]3N3CC[C@@H](O)C3)cc2)c(=O)o1. The summed E-state index contributed by atoms with van der Waals surface area (Å²) in [5.74, 6) is 0.417. The summed E-state index contributed by atoms with van der Waals surface area (Å²) in [6.45, 7) is 3.04. The van der Waals surface area contributed by atoms with E-state index in [1.165, 1.54) is 4.68 Å². The number of aliphatic hydroxyl groups excluding tert-OH is 1. The van der Waals surface area contributed by atoms with E-state index in [1.807, 2.05) is 6.07 Å². The quantitative estimate of drug-likeness (QED) is 0.639. The second-order valence-electron chi connectivity index (χ2n) is 8.00. The van der Waals surface area contributed by atoms with Gasteiger partial charge in [-0.15, -0.1) is 5.10 Å². The van der Waals surface area contributed by atoms with Crippen LogP contribution in [-0.2, 0) is 6.42 Å². The Morgan fingerprint density at radius 3 is 2.65 bits per heavy atom. The van der Waals surface area contributed by atoms with E-state index < -0.39 is 5.76 Å². The maximum absolute atomic E-state index is 11.9. The highest BCUT2D eigenvalue weighted by Gasteiger charge is 2.41. The fraction of sp³-hybridized carbons (Fsp3) is 0.364. The lowest BCUT2D eigenvalue weighted by Crippen LogP contribution is -2.39. The summed E-state index contributed by atoms with van der Waals surface area (Å²) in [7, 11) is 0. The Morgan fingerprint density at radius 2 is 2.00 bits per heavy atom. The van der Waals surface area contributed by atoms with Gasteiger partial charge < -0.3 is 14.3 Å². The third-order valence-corrected chi connectivity index (χ3v) is 6.48. The molecule has 0 bridgehead atoms. The molecule has 0 unspecified atom stereocenters. The fourth-order valence-electron chi connectivity index (χ4n) is 4.50. The Labute approximate surface area is 188 Å². The minimum atomic E-state index is -0.534. The third kappa shape index (κ3) is 3.87. The maximum atomic E-state index is 11.9. The Morgan fingerprint density at radius 1 is 1.23 bits per heavy atom. The second kappa shape index (κ2) is 7.98. The molecule has 3 aromatic rings. The lowest BCUT2D eigenvalue weighted by molar-refractivity contribution is 0.0818. The van der Waals surface area contributed by atoms with Gasteiger partial charge in [-0.1, -0.05) is 23.2 Å². The van der Waals surface area contributed by atoms with E-state index in [0.29, 0.717) is 33.9 Å². The van der Waals surface area contributed by atoms with Gasteiger partial charge in [-0.3, -0.25) is 4.90 Å². The van der Waals surface area contributed by atoms with E-state index in [1.54, 1.807) is 37.3 Å². The number of aryl methyl sites for hydroxylation is 1. The first-order valence-corrected chi connectivity index (χ1v) is 10.9. The van der Waals surface area contributed by atoms with E-state index in [9.17, 15) is 9.90 Å². The second-order valence-corrected chi connectivity index (χ2v) is 8.84. The van der Waals surface area contributed by atoms with Gasteiger partial charge in [0, 0.05) is 35.6 Å². The van der Waals surface area contributed by atoms with Crippen LogP contribution in [0, 0.1) is 6.92 Å². The summed E-state index contributed by atoms with van der Waals surface area (Å²) < 4.78 is 12.6. The molecule has 1 saturated heterocycles. The molecule has 2 aromatic carbocycles. The van der Waals surface area contributed by atoms with Gasteiger partial charge in [0.25, 0.3) is 0 Å².